The Morgan fingerprint density at radius 1 is 0.863 bits per heavy atom. The van der Waals surface area contributed by atoms with E-state index in [-0.39, 0.29) is 29.8 Å². The van der Waals surface area contributed by atoms with Gasteiger partial charge < -0.3 is 14.6 Å². The number of hydrogen-bond donors (Lipinski definition) is 1. The first kappa shape index (κ1) is 35.9. The van der Waals surface area contributed by atoms with Gasteiger partial charge in [-0.1, -0.05) is 99.6 Å². The lowest BCUT2D eigenvalue weighted by molar-refractivity contribution is 0.0877. The Kier molecular flexibility index (Phi) is 11.2. The molecule has 0 amide bonds. The lowest BCUT2D eigenvalue weighted by atomic mass is 10.00. The first-order valence-electron chi connectivity index (χ1n) is 17.1. The zero-order valence-corrected chi connectivity index (χ0v) is 30.0. The highest BCUT2D eigenvalue weighted by Gasteiger charge is 2.26. The van der Waals surface area contributed by atoms with Crippen LogP contribution < -0.4 is 10.7 Å². The minimum absolute atomic E-state index is 0.0546. The molecule has 9 heteroatoms. The Morgan fingerprint density at radius 3 is 2.12 bits per heavy atom. The fourth-order valence-corrected chi connectivity index (χ4v) is 7.57. The number of pyridine rings is 1. The maximum atomic E-state index is 15.1. The van der Waals surface area contributed by atoms with Crippen molar-refractivity contribution < 1.29 is 18.3 Å². The Morgan fingerprint density at radius 2 is 1.51 bits per heavy atom. The third kappa shape index (κ3) is 7.86. The molecular formula is C42H41F2N3O3S. The second kappa shape index (κ2) is 15.9. The number of thiophene rings is 1. The highest BCUT2D eigenvalue weighted by molar-refractivity contribution is 7.22. The number of halogens is 2. The van der Waals surface area contributed by atoms with Crippen LogP contribution in [0, 0.1) is 17.6 Å². The summed E-state index contributed by atoms with van der Waals surface area (Å²) in [6.45, 7) is 7.76. The Bertz CT molecular complexity index is 2160. The molecule has 51 heavy (non-hydrogen) atoms. The zero-order chi connectivity index (χ0) is 36.1. The van der Waals surface area contributed by atoms with Gasteiger partial charge in [0, 0.05) is 48.1 Å². The van der Waals surface area contributed by atoms with Crippen LogP contribution in [-0.2, 0) is 24.4 Å². The number of ketones is 1. The van der Waals surface area contributed by atoms with Crippen LogP contribution in [-0.4, -0.2) is 35.1 Å². The van der Waals surface area contributed by atoms with Crippen molar-refractivity contribution >= 4 is 33.0 Å². The standard InChI is InChI=1S/C42H41F2N3O3S/c1-5-46(23-28-13-8-6-9-14-28)24-33-37-39(49)34(38(48)29-15-10-7-11-16-29)26-47(25-32-35(43)17-12-18-36(32)44)42(37)51-40(33)30-19-21-31(22-20-30)45-41(50-4)27(2)3/h6-22,26-27,41,45H,5,23-25H2,1-4H3. The fraction of sp³-hybridized carbons (Fsp3) is 0.238. The van der Waals surface area contributed by atoms with Crippen molar-refractivity contribution in [2.24, 2.45) is 5.92 Å². The monoisotopic (exact) mass is 705 g/mol. The Balaban J connectivity index is 1.57. The first-order chi connectivity index (χ1) is 24.7. The van der Waals surface area contributed by atoms with E-state index in [4.69, 9.17) is 4.74 Å². The van der Waals surface area contributed by atoms with Crippen LogP contribution >= 0.6 is 11.3 Å². The molecule has 2 heterocycles. The number of carbonyl (C=O) groups excluding carboxylic acids is 1. The first-order valence-corrected chi connectivity index (χ1v) is 17.9. The minimum atomic E-state index is -0.700. The highest BCUT2D eigenvalue weighted by Crippen LogP contribution is 2.40. The van der Waals surface area contributed by atoms with Gasteiger partial charge in [-0.15, -0.1) is 11.3 Å². The number of nitrogens with one attached hydrogen (secondary N) is 1. The normalized spacial score (nSPS) is 12.2. The molecule has 0 spiro atoms. The number of anilines is 1. The maximum Gasteiger partial charge on any atom is 0.201 e. The van der Waals surface area contributed by atoms with Crippen molar-refractivity contribution in [3.05, 3.63) is 159 Å². The van der Waals surface area contributed by atoms with Crippen LogP contribution in [0.1, 0.15) is 53.4 Å². The molecule has 6 nitrogen and oxygen atoms in total. The lowest BCUT2D eigenvalue weighted by Gasteiger charge is -2.22. The fourth-order valence-electron chi connectivity index (χ4n) is 6.28. The molecule has 262 valence electrons. The third-order valence-corrected chi connectivity index (χ3v) is 10.4. The predicted octanol–water partition coefficient (Wildman–Crippen LogP) is 9.35. The maximum absolute atomic E-state index is 15.1. The molecule has 1 N–H and O–H groups in total. The lowest BCUT2D eigenvalue weighted by Crippen LogP contribution is -2.27. The Labute approximate surface area is 301 Å². The average Bonchev–Trinajstić information content (AvgIpc) is 3.53. The number of rotatable bonds is 14. The molecule has 6 rings (SSSR count). The van der Waals surface area contributed by atoms with Gasteiger partial charge in [0.2, 0.25) is 5.43 Å². The van der Waals surface area contributed by atoms with E-state index >= 15 is 8.78 Å². The summed E-state index contributed by atoms with van der Waals surface area (Å²) >= 11 is 1.39. The second-order valence-electron chi connectivity index (χ2n) is 12.9. The molecule has 1 unspecified atom stereocenters. The number of carbonyl (C=O) groups is 1. The summed E-state index contributed by atoms with van der Waals surface area (Å²) in [4.78, 5) is 32.2. The molecule has 0 bridgehead atoms. The quantitative estimate of drug-likeness (QED) is 0.0904. The SMILES string of the molecule is CCN(Cc1ccccc1)Cc1c(-c2ccc(NC(OC)C(C)C)cc2)sc2c1c(=O)c(C(=O)c1ccccc1)cn2Cc1c(F)cccc1F. The molecule has 0 aliphatic carbocycles. The van der Waals surface area contributed by atoms with E-state index < -0.39 is 22.8 Å². The summed E-state index contributed by atoms with van der Waals surface area (Å²) in [5.74, 6) is -1.61. The van der Waals surface area contributed by atoms with E-state index in [9.17, 15) is 9.59 Å². The van der Waals surface area contributed by atoms with Gasteiger partial charge in [0.15, 0.2) is 5.78 Å². The van der Waals surface area contributed by atoms with Crippen LogP contribution in [0.3, 0.4) is 0 Å². The average molecular weight is 706 g/mol. The molecule has 2 aromatic heterocycles. The highest BCUT2D eigenvalue weighted by atomic mass is 32.1. The van der Waals surface area contributed by atoms with Crippen molar-refractivity contribution in [1.29, 1.82) is 0 Å². The molecule has 0 saturated heterocycles. The summed E-state index contributed by atoms with van der Waals surface area (Å²) in [6, 6.07) is 30.4. The molecule has 0 radical (unpaired) electrons. The number of ether oxygens (including phenoxy) is 1. The molecule has 6 aromatic rings. The van der Waals surface area contributed by atoms with E-state index in [2.05, 4.69) is 43.1 Å². The minimum Gasteiger partial charge on any atom is -0.362 e. The number of benzene rings is 4. The van der Waals surface area contributed by atoms with Gasteiger partial charge in [-0.3, -0.25) is 14.5 Å². The number of fused-ring (bicyclic) bond motifs is 1. The Hall–Kier alpha value is -4.96. The van der Waals surface area contributed by atoms with Crippen LogP contribution in [0.4, 0.5) is 14.5 Å². The van der Waals surface area contributed by atoms with E-state index in [0.717, 1.165) is 27.3 Å². The number of aromatic nitrogens is 1. The van der Waals surface area contributed by atoms with Crippen LogP contribution in [0.25, 0.3) is 20.7 Å². The van der Waals surface area contributed by atoms with E-state index in [1.165, 1.54) is 35.7 Å². The molecule has 0 fully saturated rings. The van der Waals surface area contributed by atoms with Crippen LogP contribution in [0.2, 0.25) is 0 Å². The van der Waals surface area contributed by atoms with Gasteiger partial charge in [0.05, 0.1) is 17.5 Å². The van der Waals surface area contributed by atoms with Gasteiger partial charge in [-0.25, -0.2) is 8.78 Å². The summed E-state index contributed by atoms with van der Waals surface area (Å²) in [5.41, 5.74) is 3.40. The predicted molar refractivity (Wildman–Crippen MR) is 202 cm³/mol. The topological polar surface area (TPSA) is 63.6 Å². The van der Waals surface area contributed by atoms with Crippen molar-refractivity contribution in [1.82, 2.24) is 9.47 Å². The zero-order valence-electron chi connectivity index (χ0n) is 29.2. The summed E-state index contributed by atoms with van der Waals surface area (Å²) in [5, 5.41) is 3.79. The summed E-state index contributed by atoms with van der Waals surface area (Å²) in [7, 11) is 1.67. The number of nitrogens with zero attached hydrogens (tertiary/aromatic N) is 2. The van der Waals surface area contributed by atoms with E-state index in [1.807, 2.05) is 42.5 Å². The van der Waals surface area contributed by atoms with Gasteiger partial charge in [0.1, 0.15) is 22.7 Å². The number of methoxy groups -OCH3 is 1. The molecule has 4 aromatic carbocycles. The van der Waals surface area contributed by atoms with Crippen LogP contribution in [0.15, 0.2) is 114 Å². The van der Waals surface area contributed by atoms with Gasteiger partial charge in [-0.05, 0) is 53.4 Å². The van der Waals surface area contributed by atoms with Crippen molar-refractivity contribution in [3.8, 4) is 10.4 Å². The summed E-state index contributed by atoms with van der Waals surface area (Å²) in [6.07, 6.45) is 1.29. The second-order valence-corrected chi connectivity index (χ2v) is 13.9. The molecule has 1 atom stereocenters. The molecular weight excluding hydrogens is 665 g/mol. The molecule has 0 aliphatic rings. The van der Waals surface area contributed by atoms with Gasteiger partial charge in [0.25, 0.3) is 0 Å². The largest absolute Gasteiger partial charge is 0.362 e. The number of hydrogen-bond acceptors (Lipinski definition) is 6. The summed E-state index contributed by atoms with van der Waals surface area (Å²) < 4.78 is 37.5. The van der Waals surface area contributed by atoms with Gasteiger partial charge in [-0.2, -0.15) is 0 Å². The smallest absolute Gasteiger partial charge is 0.201 e. The third-order valence-electron chi connectivity index (χ3n) is 9.07. The molecule has 0 saturated carbocycles. The van der Waals surface area contributed by atoms with E-state index in [1.54, 1.807) is 42.0 Å². The van der Waals surface area contributed by atoms with Crippen LogP contribution in [0.5, 0.6) is 0 Å². The molecule has 0 aliphatic heterocycles. The van der Waals surface area contributed by atoms with E-state index in [0.29, 0.717) is 35.4 Å². The van der Waals surface area contributed by atoms with Crippen molar-refractivity contribution in [3.63, 3.8) is 0 Å². The van der Waals surface area contributed by atoms with Gasteiger partial charge >= 0.3 is 0 Å². The van der Waals surface area contributed by atoms with Crippen molar-refractivity contribution in [2.75, 3.05) is 19.0 Å². The van der Waals surface area contributed by atoms with Crippen molar-refractivity contribution in [2.45, 2.75) is 46.6 Å².